The van der Waals surface area contributed by atoms with Gasteiger partial charge in [-0.3, -0.25) is 24.7 Å². The van der Waals surface area contributed by atoms with Crippen LogP contribution >= 0.6 is 11.6 Å². The van der Waals surface area contributed by atoms with Gasteiger partial charge in [0.15, 0.2) is 0 Å². The van der Waals surface area contributed by atoms with Gasteiger partial charge in [0.25, 0.3) is 5.91 Å². The van der Waals surface area contributed by atoms with Crippen molar-refractivity contribution in [2.45, 2.75) is 197 Å². The second-order valence-electron chi connectivity index (χ2n) is 38.0. The Morgan fingerprint density at radius 2 is 0.755 bits per heavy atom. The van der Waals surface area contributed by atoms with Crippen molar-refractivity contribution in [2.24, 2.45) is 0 Å². The standard InChI is InChI=1S/C28H34N6O4.C26H33N7O3.C26H35N7O2.C24H27ClN6O3/c35-28(33-21-7-12-37-18-21)19-1-6-26(31-17-19)32-20-2-4-23(5-3-20)38-25-16-22(34-10-13-36-14-11-34)15-24-27(25)30-9-8-29-24;1-32(21-16-35-17-21)20-14-29-26(30-15-20)31-18-2-4-22(5-3-18)36-24-13-19(33-8-10-34-11-9-33)12-23-25(24)28-7-6-27-23;1-3-32(4-2)21-17-29-26(30-18-21)31-19-5-7-22(8-6-19)35-24-16-20(33-11-13-34-14-12-33)15-23-25(24)28-10-9-27-23;25-24-29-20-14-33-13-18(20)23(30-24)28-15-1-3-17(4-2-15)34-21-12-16(31-7-9-32-10-8-31)11-19-22(21)27-6-5-26-19/h1,6,8-9,15-17,20-21,23H,2-5,7,10-14,18H2,(H,31,32)(H,33,35);6-7,12-15,18,21-22H,2-5,8-11,16-17H2,1H3,(H,29,30,31);9-10,15-19,22H,3-8,11-14H2,1-2H3,(H,29,30,31);5-6,11-12,15,17H,1-4,7-10,13-14H2,(H,28,29,30)/t20?,21-,23?;;;/m0.../s1. The molecule has 12 aromatic rings. The summed E-state index contributed by atoms with van der Waals surface area (Å²) in [7, 11) is 2.06. The van der Waals surface area contributed by atoms with Gasteiger partial charge in [0.2, 0.25) is 17.2 Å². The van der Waals surface area contributed by atoms with E-state index in [2.05, 4.69) is 200 Å². The fraction of sp³-hybridized carbons (Fsp3) is 0.519. The first kappa shape index (κ1) is 97.7. The molecule has 1 atom stereocenters. The minimum absolute atomic E-state index is 0.0876. The van der Waals surface area contributed by atoms with E-state index in [9.17, 15) is 4.79 Å². The molecule has 10 fully saturated rings. The number of nitrogens with one attached hydrogen (secondary N) is 5. The number of benzene rings is 4. The molecule has 1 amide bonds. The summed E-state index contributed by atoms with van der Waals surface area (Å²) < 4.78 is 64.4. The molecule has 6 saturated heterocycles. The topological polar surface area (TPSA) is 392 Å². The Labute approximate surface area is 837 Å². The van der Waals surface area contributed by atoms with Gasteiger partial charge in [-0.15, -0.1) is 0 Å². The first-order valence-corrected chi connectivity index (χ1v) is 51.5. The van der Waals surface area contributed by atoms with E-state index in [4.69, 9.17) is 63.7 Å². The van der Waals surface area contributed by atoms with Crippen molar-refractivity contribution < 1.29 is 56.9 Å². The quantitative estimate of drug-likeness (QED) is 0.0299. The third-order valence-corrected chi connectivity index (χ3v) is 28.8. The van der Waals surface area contributed by atoms with Gasteiger partial charge in [0, 0.05) is 212 Å². The lowest BCUT2D eigenvalue weighted by Crippen LogP contribution is -2.47. The first-order chi connectivity index (χ1) is 70.4. The van der Waals surface area contributed by atoms with Crippen LogP contribution in [-0.4, -0.2) is 293 Å². The average molecular weight is 1970 g/mol. The van der Waals surface area contributed by atoms with E-state index in [1.165, 1.54) is 0 Å². The van der Waals surface area contributed by atoms with Crippen molar-refractivity contribution in [3.63, 3.8) is 0 Å². The number of aromatic nitrogens is 15. The van der Waals surface area contributed by atoms with Gasteiger partial charge in [-0.25, -0.2) is 54.8 Å². The predicted molar refractivity (Wildman–Crippen MR) is 549 cm³/mol. The molecule has 11 aliphatic rings. The molecule has 4 aromatic carbocycles. The van der Waals surface area contributed by atoms with Gasteiger partial charge in [0.1, 0.15) is 56.7 Å². The third kappa shape index (κ3) is 25.2. The zero-order valence-corrected chi connectivity index (χ0v) is 82.5. The molecule has 39 heteroatoms. The summed E-state index contributed by atoms with van der Waals surface area (Å²) in [6, 6.07) is 22.4. The highest BCUT2D eigenvalue weighted by molar-refractivity contribution is 6.28. The van der Waals surface area contributed by atoms with E-state index in [1.807, 2.05) is 36.9 Å². The Morgan fingerprint density at radius 1 is 0.378 bits per heavy atom. The van der Waals surface area contributed by atoms with Crippen molar-refractivity contribution in [1.82, 2.24) is 80.1 Å². The van der Waals surface area contributed by atoms with Crippen molar-refractivity contribution in [1.29, 1.82) is 0 Å². The Bertz CT molecular complexity index is 6150. The highest BCUT2D eigenvalue weighted by Crippen LogP contribution is 2.41. The number of fused-ring (bicyclic) bond motifs is 5. The molecule has 0 unspecified atom stereocenters. The van der Waals surface area contributed by atoms with E-state index < -0.39 is 0 Å². The largest absolute Gasteiger partial charge is 0.488 e. The van der Waals surface area contributed by atoms with E-state index in [0.29, 0.717) is 74.1 Å². The fourth-order valence-electron chi connectivity index (χ4n) is 20.3. The molecular formula is C104H129ClN26O12. The lowest BCUT2D eigenvalue weighted by atomic mass is 9.92. The van der Waals surface area contributed by atoms with Crippen LogP contribution in [0.25, 0.3) is 44.1 Å². The summed E-state index contributed by atoms with van der Waals surface area (Å²) in [6.45, 7) is 22.9. The van der Waals surface area contributed by atoms with Crippen LogP contribution in [0.5, 0.6) is 23.0 Å². The van der Waals surface area contributed by atoms with Crippen LogP contribution < -0.4 is 74.9 Å². The highest BCUT2D eigenvalue weighted by atomic mass is 35.5. The summed E-state index contributed by atoms with van der Waals surface area (Å²) in [4.78, 5) is 93.9. The number of hydrogen-bond acceptors (Lipinski definition) is 37. The number of carbonyl (C=O) groups is 1. The maximum absolute atomic E-state index is 12.4. The lowest BCUT2D eigenvalue weighted by molar-refractivity contribution is 0.0101. The van der Waals surface area contributed by atoms with E-state index in [1.54, 1.807) is 55.8 Å². The third-order valence-electron chi connectivity index (χ3n) is 28.7. The van der Waals surface area contributed by atoms with Crippen LogP contribution in [0.15, 0.2) is 141 Å². The molecule has 8 aromatic heterocycles. The fourth-order valence-corrected chi connectivity index (χ4v) is 20.5. The first-order valence-electron chi connectivity index (χ1n) is 51.1. The molecule has 0 bridgehead atoms. The number of amides is 1. The predicted octanol–water partition coefficient (Wildman–Crippen LogP) is 13.7. The van der Waals surface area contributed by atoms with Crippen LogP contribution in [0.4, 0.5) is 57.7 Å². The lowest BCUT2D eigenvalue weighted by Gasteiger charge is -2.35. The Kier molecular flexibility index (Phi) is 32.6. The number of anilines is 10. The van der Waals surface area contributed by atoms with Crippen molar-refractivity contribution in [2.75, 3.05) is 202 Å². The van der Waals surface area contributed by atoms with Crippen LogP contribution in [0.3, 0.4) is 0 Å². The maximum atomic E-state index is 12.4. The molecule has 23 rings (SSSR count). The van der Waals surface area contributed by atoms with Gasteiger partial charge in [-0.1, -0.05) is 0 Å². The summed E-state index contributed by atoms with van der Waals surface area (Å²) in [5.74, 6) is 6.11. The molecular weight excluding hydrogens is 1840 g/mol. The van der Waals surface area contributed by atoms with Crippen molar-refractivity contribution in [3.8, 4) is 23.0 Å². The monoisotopic (exact) mass is 1970 g/mol. The molecule has 5 N–H and O–H groups in total. The zero-order chi connectivity index (χ0) is 97.0. The molecule has 0 spiro atoms. The normalized spacial score (nSPS) is 22.4. The molecule has 38 nitrogen and oxygen atoms in total. The molecule has 15 heterocycles. The van der Waals surface area contributed by atoms with Crippen LogP contribution in [0, 0.1) is 0 Å². The summed E-state index contributed by atoms with van der Waals surface area (Å²) >= 11 is 6.12. The Balaban J connectivity index is 0.000000117. The number of morpholine rings is 4. The van der Waals surface area contributed by atoms with Gasteiger partial charge < -0.3 is 108 Å². The number of rotatable bonds is 27. The van der Waals surface area contributed by atoms with Gasteiger partial charge >= 0.3 is 0 Å². The Hall–Kier alpha value is -12.7. The van der Waals surface area contributed by atoms with Gasteiger partial charge in [-0.2, -0.15) is 0 Å². The van der Waals surface area contributed by atoms with E-state index in [-0.39, 0.29) is 41.6 Å². The Morgan fingerprint density at radius 3 is 1.11 bits per heavy atom. The second-order valence-corrected chi connectivity index (χ2v) is 38.4. The van der Waals surface area contributed by atoms with Gasteiger partial charge in [-0.05, 0) is 171 Å². The van der Waals surface area contributed by atoms with Crippen LogP contribution in [0.1, 0.15) is 145 Å². The minimum Gasteiger partial charge on any atom is -0.488 e. The van der Waals surface area contributed by atoms with E-state index >= 15 is 0 Å². The van der Waals surface area contributed by atoms with Gasteiger partial charge in [0.05, 0.1) is 192 Å². The molecule has 7 aliphatic heterocycles. The number of halogens is 1. The molecule has 0 radical (unpaired) electrons. The number of pyridine rings is 1. The number of nitrogens with zero attached hydrogens (tertiary/aromatic N) is 21. The molecule has 4 aliphatic carbocycles. The van der Waals surface area contributed by atoms with E-state index in [0.717, 1.165) is 365 Å². The summed E-state index contributed by atoms with van der Waals surface area (Å²) in [5, 5.41) is 17.4. The number of ether oxygens (including phenoxy) is 11. The maximum Gasteiger partial charge on any atom is 0.253 e. The van der Waals surface area contributed by atoms with Crippen LogP contribution in [-0.2, 0) is 46.4 Å². The molecule has 4 saturated carbocycles. The smallest absolute Gasteiger partial charge is 0.253 e. The SMILES string of the molecule is CCN(CC)c1cnc(NC2CCC(Oc3cc(N4CCOCC4)cc4nccnc34)CC2)nc1.CN(c1cnc(NC2CCC(Oc3cc(N4CCOCC4)cc4nccnc34)CC2)nc1)C1COC1.Clc1nc2c(c(NC3CCC(Oc4cc(N5CCOCC5)cc5nccnc45)CC3)n1)COC2.O=C(N[C@H]1CCOC1)c1ccc(NC2CCC(Oc3cc(N4CCOCC4)cc4nccnc34)CC2)nc1. The number of hydrogen-bond donors (Lipinski definition) is 5. The summed E-state index contributed by atoms with van der Waals surface area (Å²) in [5.41, 5.74) is 15.7. The number of carbonyl (C=O) groups excluding carboxylic acids is 1. The highest BCUT2D eigenvalue weighted by Gasteiger charge is 2.34. The minimum atomic E-state index is -0.105. The number of likely N-dealkylation sites (N-methyl/N-ethyl adjacent to an activating group) is 1. The average Bonchev–Trinajstić information content (AvgIpc) is 1.04. The van der Waals surface area contributed by atoms with Crippen molar-refractivity contribution in [3.05, 3.63) is 163 Å². The zero-order valence-electron chi connectivity index (χ0n) is 81.7. The molecule has 143 heavy (non-hydrogen) atoms. The molecule has 754 valence electrons. The summed E-state index contributed by atoms with van der Waals surface area (Å²) in [6.07, 6.45) is 40.0. The van der Waals surface area contributed by atoms with Crippen molar-refractivity contribution >= 4 is 119 Å². The second kappa shape index (κ2) is 47.7. The van der Waals surface area contributed by atoms with Crippen LogP contribution in [0.2, 0.25) is 5.28 Å².